The summed E-state index contributed by atoms with van der Waals surface area (Å²) in [6, 6.07) is 25.9. The third-order valence-corrected chi connectivity index (χ3v) is 11.2. The molecule has 0 unspecified atom stereocenters. The fourth-order valence-electron chi connectivity index (χ4n) is 8.35. The van der Waals surface area contributed by atoms with Crippen LogP contribution in [0.1, 0.15) is 115 Å². The molecular weight excluding hydrogens is 629 g/mol. The van der Waals surface area contributed by atoms with Crippen LogP contribution >= 0.6 is 0 Å². The Bertz CT molecular complexity index is 1910. The maximum absolute atomic E-state index is 5.42. The van der Waals surface area contributed by atoms with Crippen molar-refractivity contribution in [3.63, 3.8) is 0 Å². The van der Waals surface area contributed by atoms with Crippen molar-refractivity contribution in [2.24, 2.45) is 0 Å². The van der Waals surface area contributed by atoms with Gasteiger partial charge in [-0.15, -0.1) is 0 Å². The lowest BCUT2D eigenvalue weighted by atomic mass is 9.70. The quantitative estimate of drug-likeness (QED) is 0.0885. The van der Waals surface area contributed by atoms with E-state index in [9.17, 15) is 0 Å². The van der Waals surface area contributed by atoms with Crippen molar-refractivity contribution >= 4 is 22.1 Å². The van der Waals surface area contributed by atoms with Crippen molar-refractivity contribution in [2.75, 3.05) is 14.2 Å². The van der Waals surface area contributed by atoms with Crippen LogP contribution in [0.3, 0.4) is 0 Å². The van der Waals surface area contributed by atoms with E-state index in [0.717, 1.165) is 69.2 Å². The highest BCUT2D eigenvalue weighted by molar-refractivity contribution is 5.96. The number of hydrogen-bond donors (Lipinski definition) is 2. The average Bonchev–Trinajstić information content (AvgIpc) is 3.85. The number of hydrogen-bond acceptors (Lipinski definition) is 4. The second-order valence-corrected chi connectivity index (χ2v) is 14.6. The summed E-state index contributed by atoms with van der Waals surface area (Å²) >= 11 is 0. The highest BCUT2D eigenvalue weighted by Crippen LogP contribution is 2.56. The Morgan fingerprint density at radius 1 is 0.510 bits per heavy atom. The second-order valence-electron chi connectivity index (χ2n) is 14.6. The molecule has 0 spiro atoms. The maximum atomic E-state index is 5.42. The van der Waals surface area contributed by atoms with Crippen LogP contribution in [0.25, 0.3) is 56.0 Å². The van der Waals surface area contributed by atoms with Gasteiger partial charge in [0.15, 0.2) is 0 Å². The number of benzene rings is 4. The normalized spacial score (nSPS) is 13.2. The minimum Gasteiger partial charge on any atom is -0.497 e. The molecule has 51 heavy (non-hydrogen) atoms. The van der Waals surface area contributed by atoms with Gasteiger partial charge in [-0.25, -0.2) is 9.97 Å². The lowest BCUT2D eigenvalue weighted by Gasteiger charge is -2.33. The van der Waals surface area contributed by atoms with Crippen LogP contribution in [-0.2, 0) is 5.41 Å². The summed E-state index contributed by atoms with van der Waals surface area (Å²) in [5.74, 6) is 3.47. The fraction of sp³-hybridized carbons (Fsp3) is 0.422. The summed E-state index contributed by atoms with van der Waals surface area (Å²) in [5, 5.41) is 0. The molecule has 1 aliphatic carbocycles. The van der Waals surface area contributed by atoms with E-state index in [4.69, 9.17) is 19.4 Å². The zero-order valence-corrected chi connectivity index (χ0v) is 31.0. The van der Waals surface area contributed by atoms with Crippen molar-refractivity contribution < 1.29 is 9.47 Å². The van der Waals surface area contributed by atoms with Crippen LogP contribution in [0.5, 0.6) is 11.5 Å². The van der Waals surface area contributed by atoms with Crippen LogP contribution in [-0.4, -0.2) is 34.2 Å². The van der Waals surface area contributed by atoms with Crippen molar-refractivity contribution in [3.05, 3.63) is 83.9 Å². The monoisotopic (exact) mass is 682 g/mol. The summed E-state index contributed by atoms with van der Waals surface area (Å²) in [4.78, 5) is 17.7. The first-order chi connectivity index (χ1) is 25.1. The summed E-state index contributed by atoms with van der Waals surface area (Å²) in [5.41, 5.74) is 11.8. The molecule has 2 N–H and O–H groups in total. The molecule has 0 radical (unpaired) electrons. The number of aromatic nitrogens is 4. The van der Waals surface area contributed by atoms with E-state index in [1.807, 2.05) is 24.3 Å². The number of aromatic amines is 2. The predicted octanol–water partition coefficient (Wildman–Crippen LogP) is 12.6. The first-order valence-electron chi connectivity index (χ1n) is 19.4. The second kappa shape index (κ2) is 15.8. The molecule has 4 aromatic carbocycles. The maximum Gasteiger partial charge on any atom is 0.138 e. The summed E-state index contributed by atoms with van der Waals surface area (Å²) in [7, 11) is 3.41. The van der Waals surface area contributed by atoms with Gasteiger partial charge in [-0.05, 0) is 108 Å². The van der Waals surface area contributed by atoms with Crippen molar-refractivity contribution in [1.29, 1.82) is 0 Å². The molecule has 266 valence electrons. The van der Waals surface area contributed by atoms with Crippen LogP contribution < -0.4 is 9.47 Å². The molecule has 1 aliphatic rings. The molecule has 6 heteroatoms. The molecule has 6 aromatic rings. The van der Waals surface area contributed by atoms with Gasteiger partial charge >= 0.3 is 0 Å². The summed E-state index contributed by atoms with van der Waals surface area (Å²) < 4.78 is 10.8. The number of nitrogens with one attached hydrogen (secondary N) is 2. The molecular formula is C45H54N4O2. The van der Waals surface area contributed by atoms with Gasteiger partial charge in [0, 0.05) is 16.5 Å². The highest BCUT2D eigenvalue weighted by Gasteiger charge is 2.43. The number of rotatable bonds is 18. The number of fused-ring (bicyclic) bond motifs is 5. The van der Waals surface area contributed by atoms with E-state index in [2.05, 4.69) is 72.3 Å². The van der Waals surface area contributed by atoms with Gasteiger partial charge in [0.25, 0.3) is 0 Å². The molecule has 0 saturated carbocycles. The molecule has 0 amide bonds. The van der Waals surface area contributed by atoms with Crippen molar-refractivity contribution in [1.82, 2.24) is 19.9 Å². The van der Waals surface area contributed by atoms with E-state index in [1.54, 1.807) is 14.2 Å². The minimum atomic E-state index is -0.0562. The average molecular weight is 683 g/mol. The molecule has 0 bridgehead atoms. The Hall–Kier alpha value is -4.58. The van der Waals surface area contributed by atoms with Gasteiger partial charge in [0.1, 0.15) is 23.1 Å². The zero-order chi connectivity index (χ0) is 35.2. The number of unbranched alkanes of at least 4 members (excludes halogenated alkanes) is 10. The lowest BCUT2D eigenvalue weighted by Crippen LogP contribution is -2.25. The van der Waals surface area contributed by atoms with E-state index < -0.39 is 0 Å². The van der Waals surface area contributed by atoms with Gasteiger partial charge < -0.3 is 19.4 Å². The lowest BCUT2D eigenvalue weighted by molar-refractivity contribution is 0.398. The van der Waals surface area contributed by atoms with E-state index >= 15 is 0 Å². The molecule has 2 aromatic heterocycles. The Balaban J connectivity index is 1.33. The Morgan fingerprint density at radius 2 is 0.902 bits per heavy atom. The summed E-state index contributed by atoms with van der Waals surface area (Å²) in [6.07, 6.45) is 17.9. The first-order valence-corrected chi connectivity index (χ1v) is 19.4. The third kappa shape index (κ3) is 7.15. The molecule has 0 atom stereocenters. The Morgan fingerprint density at radius 3 is 1.29 bits per heavy atom. The number of methoxy groups -OCH3 is 2. The minimum absolute atomic E-state index is 0.0562. The van der Waals surface area contributed by atoms with Crippen LogP contribution in [0.15, 0.2) is 72.8 Å². The van der Waals surface area contributed by atoms with Gasteiger partial charge in [0.2, 0.25) is 0 Å². The van der Waals surface area contributed by atoms with Gasteiger partial charge in [-0.1, -0.05) is 90.9 Å². The molecule has 0 fully saturated rings. The van der Waals surface area contributed by atoms with Crippen molar-refractivity contribution in [2.45, 2.75) is 109 Å². The van der Waals surface area contributed by atoms with Crippen LogP contribution in [0, 0.1) is 0 Å². The zero-order valence-electron chi connectivity index (χ0n) is 31.0. The molecule has 2 heterocycles. The molecule has 0 aliphatic heterocycles. The van der Waals surface area contributed by atoms with Gasteiger partial charge in [0.05, 0.1) is 36.3 Å². The Kier molecular flexibility index (Phi) is 10.8. The summed E-state index contributed by atoms with van der Waals surface area (Å²) in [6.45, 7) is 4.60. The van der Waals surface area contributed by atoms with Crippen LogP contribution in [0.4, 0.5) is 0 Å². The third-order valence-electron chi connectivity index (χ3n) is 11.2. The van der Waals surface area contributed by atoms with Crippen LogP contribution in [0.2, 0.25) is 0 Å². The topological polar surface area (TPSA) is 75.8 Å². The van der Waals surface area contributed by atoms with Gasteiger partial charge in [-0.2, -0.15) is 0 Å². The van der Waals surface area contributed by atoms with Gasteiger partial charge in [-0.3, -0.25) is 0 Å². The standard InChI is InChI=1S/C45H54N4O2/c1-5-7-9-11-13-15-25-45(26-16-14-12-10-8-6-2)37-29-41-39(46-43(48-41)31-17-21-33(50-3)22-18-31)27-35(37)36-28-40-42(30-38(36)45)49-44(47-40)32-19-23-34(51-4)24-20-32/h17-24,27-30H,5-16,25-26H2,1-4H3,(H,46,48)(H,47,49). The number of ether oxygens (including phenoxy) is 2. The molecule has 0 saturated heterocycles. The first kappa shape index (κ1) is 34.9. The highest BCUT2D eigenvalue weighted by atomic mass is 16.5. The number of nitrogens with zero attached hydrogens (tertiary/aromatic N) is 2. The van der Waals surface area contributed by atoms with E-state index in [-0.39, 0.29) is 5.41 Å². The van der Waals surface area contributed by atoms with E-state index in [1.165, 1.54) is 99.3 Å². The fourth-order valence-corrected chi connectivity index (χ4v) is 8.35. The molecule has 6 nitrogen and oxygen atoms in total. The SMILES string of the molecule is CCCCCCCCC1(CCCCCCCC)c2cc3[nH]c(-c4ccc(OC)cc4)nc3cc2-c2cc3nc(-c4ccc(OC)cc4)[nH]c3cc21. The smallest absolute Gasteiger partial charge is 0.138 e. The molecule has 7 rings (SSSR count). The number of imidazole rings is 2. The largest absolute Gasteiger partial charge is 0.497 e. The number of H-pyrrole nitrogens is 2. The predicted molar refractivity (Wildman–Crippen MR) is 212 cm³/mol. The van der Waals surface area contributed by atoms with E-state index in [0.29, 0.717) is 0 Å². The Labute approximate surface area is 303 Å². The van der Waals surface area contributed by atoms with Crippen molar-refractivity contribution in [3.8, 4) is 45.4 Å².